The largest absolute Gasteiger partial charge is 0.343 e. The zero-order valence-corrected chi connectivity index (χ0v) is 12.9. The molecular formula is C17H23N3O2. The smallest absolute Gasteiger partial charge is 0.320 e. The van der Waals surface area contributed by atoms with Crippen LogP contribution in [0.2, 0.25) is 0 Å². The van der Waals surface area contributed by atoms with E-state index >= 15 is 0 Å². The Kier molecular flexibility index (Phi) is 4.61. The van der Waals surface area contributed by atoms with Crippen LogP contribution < -0.4 is 0 Å². The van der Waals surface area contributed by atoms with Crippen molar-refractivity contribution in [2.75, 3.05) is 32.7 Å². The molecule has 3 rings (SSSR count). The van der Waals surface area contributed by atoms with Gasteiger partial charge in [-0.25, -0.2) is 4.79 Å². The van der Waals surface area contributed by atoms with Crippen molar-refractivity contribution in [1.29, 1.82) is 0 Å². The molecule has 1 aromatic rings. The van der Waals surface area contributed by atoms with Gasteiger partial charge in [-0.15, -0.1) is 0 Å². The van der Waals surface area contributed by atoms with Crippen LogP contribution in [0, 0.1) is 0 Å². The Bertz CT molecular complexity index is 526. The number of carbonyl (C=O) groups excluding carboxylic acids is 2. The molecule has 0 spiro atoms. The van der Waals surface area contributed by atoms with Crippen molar-refractivity contribution in [2.45, 2.75) is 25.8 Å². The van der Waals surface area contributed by atoms with Gasteiger partial charge in [0.05, 0.1) is 0 Å². The highest BCUT2D eigenvalue weighted by molar-refractivity contribution is 5.79. The summed E-state index contributed by atoms with van der Waals surface area (Å²) < 4.78 is 0. The van der Waals surface area contributed by atoms with E-state index in [0.29, 0.717) is 19.5 Å². The average Bonchev–Trinajstić information content (AvgIpc) is 3.18. The van der Waals surface area contributed by atoms with Gasteiger partial charge in [0.2, 0.25) is 5.91 Å². The second-order valence-electron chi connectivity index (χ2n) is 6.01. The molecule has 0 saturated carbocycles. The molecule has 2 aliphatic rings. The normalized spacial score (nSPS) is 18.4. The van der Waals surface area contributed by atoms with Crippen molar-refractivity contribution in [3.05, 3.63) is 35.9 Å². The molecule has 0 atom stereocenters. The van der Waals surface area contributed by atoms with Gasteiger partial charge in [-0.2, -0.15) is 0 Å². The van der Waals surface area contributed by atoms with Gasteiger partial charge in [0.15, 0.2) is 0 Å². The lowest BCUT2D eigenvalue weighted by Crippen LogP contribution is -2.35. The van der Waals surface area contributed by atoms with Gasteiger partial charge in [-0.05, 0) is 18.4 Å². The van der Waals surface area contributed by atoms with E-state index in [2.05, 4.69) is 0 Å². The van der Waals surface area contributed by atoms with E-state index in [1.54, 1.807) is 4.90 Å². The van der Waals surface area contributed by atoms with Crippen LogP contribution in [0.25, 0.3) is 0 Å². The van der Waals surface area contributed by atoms with Gasteiger partial charge in [0, 0.05) is 45.7 Å². The first-order valence-electron chi connectivity index (χ1n) is 8.09. The van der Waals surface area contributed by atoms with Crippen LogP contribution in [0.15, 0.2) is 30.3 Å². The fraction of sp³-hybridized carbons (Fsp3) is 0.529. The van der Waals surface area contributed by atoms with Crippen LogP contribution in [0.4, 0.5) is 4.79 Å². The maximum Gasteiger partial charge on any atom is 0.320 e. The summed E-state index contributed by atoms with van der Waals surface area (Å²) in [5, 5.41) is 0. The third kappa shape index (κ3) is 3.40. The van der Waals surface area contributed by atoms with Crippen LogP contribution in [0.5, 0.6) is 0 Å². The molecule has 0 N–H and O–H groups in total. The summed E-state index contributed by atoms with van der Waals surface area (Å²) in [6.45, 7) is 4.42. The van der Waals surface area contributed by atoms with Crippen LogP contribution in [0.1, 0.15) is 24.8 Å². The maximum absolute atomic E-state index is 12.4. The molecule has 0 aliphatic carbocycles. The number of nitrogens with zero attached hydrogens (tertiary/aromatic N) is 3. The lowest BCUT2D eigenvalue weighted by atomic mass is 10.2. The number of urea groups is 1. The second kappa shape index (κ2) is 6.81. The number of carbonyl (C=O) groups is 2. The molecule has 0 radical (unpaired) electrons. The monoisotopic (exact) mass is 301 g/mol. The predicted molar refractivity (Wildman–Crippen MR) is 84.3 cm³/mol. The minimum Gasteiger partial charge on any atom is -0.343 e. The van der Waals surface area contributed by atoms with Crippen molar-refractivity contribution in [3.8, 4) is 0 Å². The average molecular weight is 301 g/mol. The summed E-state index contributed by atoms with van der Waals surface area (Å²) in [7, 11) is 0. The van der Waals surface area contributed by atoms with Crippen molar-refractivity contribution in [3.63, 3.8) is 0 Å². The third-order valence-electron chi connectivity index (χ3n) is 4.45. The molecule has 2 fully saturated rings. The summed E-state index contributed by atoms with van der Waals surface area (Å²) in [6, 6.07) is 10.1. The Hall–Kier alpha value is -2.04. The molecule has 2 heterocycles. The summed E-state index contributed by atoms with van der Waals surface area (Å²) in [5.41, 5.74) is 1.14. The first kappa shape index (κ1) is 14.9. The zero-order valence-electron chi connectivity index (χ0n) is 12.9. The van der Waals surface area contributed by atoms with Gasteiger partial charge in [0.25, 0.3) is 0 Å². The fourth-order valence-electron chi connectivity index (χ4n) is 3.15. The quantitative estimate of drug-likeness (QED) is 0.834. The highest BCUT2D eigenvalue weighted by Crippen LogP contribution is 2.15. The first-order valence-corrected chi connectivity index (χ1v) is 8.09. The topological polar surface area (TPSA) is 43.9 Å². The molecule has 2 aliphatic heterocycles. The highest BCUT2D eigenvalue weighted by atomic mass is 16.2. The van der Waals surface area contributed by atoms with Crippen molar-refractivity contribution >= 4 is 11.9 Å². The van der Waals surface area contributed by atoms with Gasteiger partial charge >= 0.3 is 6.03 Å². The van der Waals surface area contributed by atoms with Crippen molar-refractivity contribution in [2.24, 2.45) is 0 Å². The standard InChI is InChI=1S/C17H23N3O2/c21-16(18-9-4-5-10-18)8-11-19-12-13-20(17(19)22)14-15-6-2-1-3-7-15/h1-3,6-7H,4-5,8-14H2. The molecule has 118 valence electrons. The first-order chi connectivity index (χ1) is 10.7. The Labute approximate surface area is 131 Å². The minimum absolute atomic E-state index is 0.0538. The van der Waals surface area contributed by atoms with Gasteiger partial charge in [0.1, 0.15) is 0 Å². The molecule has 22 heavy (non-hydrogen) atoms. The Morgan fingerprint density at radius 1 is 0.955 bits per heavy atom. The van der Waals surface area contributed by atoms with E-state index in [-0.39, 0.29) is 11.9 Å². The molecule has 1 aromatic carbocycles. The van der Waals surface area contributed by atoms with Crippen LogP contribution >= 0.6 is 0 Å². The summed E-state index contributed by atoms with van der Waals surface area (Å²) >= 11 is 0. The maximum atomic E-state index is 12.4. The summed E-state index contributed by atoms with van der Waals surface area (Å²) in [5.74, 6) is 0.187. The second-order valence-corrected chi connectivity index (χ2v) is 6.01. The van der Waals surface area contributed by atoms with Crippen molar-refractivity contribution < 1.29 is 9.59 Å². The van der Waals surface area contributed by atoms with E-state index in [1.165, 1.54) is 0 Å². The number of benzene rings is 1. The number of amides is 3. The van der Waals surface area contributed by atoms with E-state index < -0.39 is 0 Å². The lowest BCUT2D eigenvalue weighted by Gasteiger charge is -2.20. The molecule has 5 nitrogen and oxygen atoms in total. The fourth-order valence-corrected chi connectivity index (χ4v) is 3.15. The van der Waals surface area contributed by atoms with Crippen LogP contribution in [-0.2, 0) is 11.3 Å². The van der Waals surface area contributed by atoms with Gasteiger partial charge < -0.3 is 14.7 Å². The van der Waals surface area contributed by atoms with E-state index in [0.717, 1.165) is 44.6 Å². The number of hydrogen-bond donors (Lipinski definition) is 0. The van der Waals surface area contributed by atoms with E-state index in [4.69, 9.17) is 0 Å². The van der Waals surface area contributed by atoms with Crippen LogP contribution in [0.3, 0.4) is 0 Å². The summed E-state index contributed by atoms with van der Waals surface area (Å²) in [6.07, 6.45) is 2.67. The van der Waals surface area contributed by atoms with Crippen molar-refractivity contribution in [1.82, 2.24) is 14.7 Å². The number of hydrogen-bond acceptors (Lipinski definition) is 2. The molecule has 0 unspecified atom stereocenters. The van der Waals surface area contributed by atoms with Crippen LogP contribution in [-0.4, -0.2) is 59.4 Å². The van der Waals surface area contributed by atoms with E-state index in [9.17, 15) is 9.59 Å². The number of likely N-dealkylation sites (tertiary alicyclic amines) is 1. The molecular weight excluding hydrogens is 278 g/mol. The highest BCUT2D eigenvalue weighted by Gasteiger charge is 2.29. The Balaban J connectivity index is 1.47. The lowest BCUT2D eigenvalue weighted by molar-refractivity contribution is -0.130. The molecule has 5 heteroatoms. The Morgan fingerprint density at radius 3 is 2.36 bits per heavy atom. The molecule has 0 bridgehead atoms. The zero-order chi connectivity index (χ0) is 15.4. The minimum atomic E-state index is 0.0538. The molecule has 2 saturated heterocycles. The molecule has 0 aromatic heterocycles. The van der Waals surface area contributed by atoms with E-state index in [1.807, 2.05) is 40.1 Å². The molecule has 3 amide bonds. The van der Waals surface area contributed by atoms with Gasteiger partial charge in [-0.3, -0.25) is 4.79 Å². The summed E-state index contributed by atoms with van der Waals surface area (Å²) in [4.78, 5) is 30.0. The SMILES string of the molecule is O=C(CCN1CCN(Cc2ccccc2)C1=O)N1CCCC1. The Morgan fingerprint density at radius 2 is 1.64 bits per heavy atom. The predicted octanol–water partition coefficient (Wildman–Crippen LogP) is 1.94. The van der Waals surface area contributed by atoms with Gasteiger partial charge in [-0.1, -0.05) is 30.3 Å². The third-order valence-corrected chi connectivity index (χ3v) is 4.45. The number of rotatable bonds is 5.